The SMILES string of the molecule is C=CS(=O)(=O)N1CCC2(CC1)CN(Cc1ccc(-n3c(-c4cccnc4N)nc4ncc(-c5ccc(F)cn5)cc43)cc1)C2. The third-order valence-corrected chi connectivity index (χ3v) is 10.2. The minimum absolute atomic E-state index is 0.186. The highest BCUT2D eigenvalue weighted by molar-refractivity contribution is 7.92. The van der Waals surface area contributed by atoms with Crippen molar-refractivity contribution >= 4 is 27.0 Å². The summed E-state index contributed by atoms with van der Waals surface area (Å²) in [5.74, 6) is 0.574. The predicted molar refractivity (Wildman–Crippen MR) is 167 cm³/mol. The molecule has 10 nitrogen and oxygen atoms in total. The van der Waals surface area contributed by atoms with Gasteiger partial charge in [0.05, 0.1) is 23.0 Å². The molecule has 1 spiro atoms. The number of nitrogen functional groups attached to an aromatic ring is 1. The molecule has 224 valence electrons. The Morgan fingerprint density at radius 2 is 1.77 bits per heavy atom. The van der Waals surface area contributed by atoms with E-state index in [-0.39, 0.29) is 5.41 Å². The highest BCUT2D eigenvalue weighted by Gasteiger charge is 2.45. The van der Waals surface area contributed by atoms with Gasteiger partial charge in [-0.05, 0) is 66.3 Å². The van der Waals surface area contributed by atoms with Crippen molar-refractivity contribution in [2.24, 2.45) is 5.41 Å². The van der Waals surface area contributed by atoms with Gasteiger partial charge in [0, 0.05) is 61.8 Å². The molecular weight excluding hydrogens is 579 g/mol. The minimum atomic E-state index is -3.35. The van der Waals surface area contributed by atoms with Crippen LogP contribution >= 0.6 is 0 Å². The van der Waals surface area contributed by atoms with E-state index in [1.807, 2.05) is 22.8 Å². The van der Waals surface area contributed by atoms with Gasteiger partial charge in [0.15, 0.2) is 11.5 Å². The van der Waals surface area contributed by atoms with Crippen LogP contribution in [-0.2, 0) is 16.6 Å². The number of pyridine rings is 3. The van der Waals surface area contributed by atoms with Gasteiger partial charge in [-0.3, -0.25) is 14.5 Å². The van der Waals surface area contributed by atoms with Gasteiger partial charge in [0.2, 0.25) is 10.0 Å². The molecule has 4 aromatic heterocycles. The molecule has 6 heterocycles. The lowest BCUT2D eigenvalue weighted by molar-refractivity contribution is -0.0392. The number of hydrogen-bond donors (Lipinski definition) is 1. The van der Waals surface area contributed by atoms with Crippen molar-refractivity contribution in [3.05, 3.63) is 96.6 Å². The Kier molecular flexibility index (Phi) is 6.99. The maximum absolute atomic E-state index is 13.5. The number of anilines is 1. The summed E-state index contributed by atoms with van der Waals surface area (Å²) >= 11 is 0. The van der Waals surface area contributed by atoms with E-state index in [4.69, 9.17) is 10.7 Å². The summed E-state index contributed by atoms with van der Waals surface area (Å²) < 4.78 is 41.3. The highest BCUT2D eigenvalue weighted by atomic mass is 32.2. The monoisotopic (exact) mass is 610 g/mol. The van der Waals surface area contributed by atoms with Gasteiger partial charge in [0.1, 0.15) is 11.6 Å². The average Bonchev–Trinajstić information content (AvgIpc) is 3.40. The lowest BCUT2D eigenvalue weighted by Crippen LogP contribution is -2.60. The Hall–Kier alpha value is -4.52. The normalized spacial score (nSPS) is 17.1. The molecule has 0 saturated carbocycles. The summed E-state index contributed by atoms with van der Waals surface area (Å²) in [6.07, 6.45) is 6.25. The second-order valence-electron chi connectivity index (χ2n) is 11.6. The maximum atomic E-state index is 13.5. The predicted octanol–water partition coefficient (Wildman–Crippen LogP) is 4.64. The Bertz CT molecular complexity index is 1960. The van der Waals surface area contributed by atoms with Gasteiger partial charge < -0.3 is 5.73 Å². The number of nitrogens with zero attached hydrogens (tertiary/aromatic N) is 7. The fourth-order valence-electron chi connectivity index (χ4n) is 6.36. The van der Waals surface area contributed by atoms with E-state index >= 15 is 0 Å². The molecule has 2 N–H and O–H groups in total. The first-order valence-electron chi connectivity index (χ1n) is 14.4. The first kappa shape index (κ1) is 28.3. The number of imidazole rings is 1. The van der Waals surface area contributed by atoms with E-state index in [9.17, 15) is 12.8 Å². The minimum Gasteiger partial charge on any atom is -0.383 e. The molecule has 7 rings (SSSR count). The van der Waals surface area contributed by atoms with Gasteiger partial charge in [0.25, 0.3) is 0 Å². The number of rotatable bonds is 7. The van der Waals surface area contributed by atoms with E-state index in [0.29, 0.717) is 41.6 Å². The molecular formula is C32H31FN8O2S. The van der Waals surface area contributed by atoms with Crippen LogP contribution in [0.1, 0.15) is 18.4 Å². The number of sulfonamides is 1. The Balaban J connectivity index is 1.15. The second-order valence-corrected chi connectivity index (χ2v) is 13.4. The van der Waals surface area contributed by atoms with Gasteiger partial charge in [-0.1, -0.05) is 18.7 Å². The van der Waals surface area contributed by atoms with E-state index in [1.54, 1.807) is 18.5 Å². The zero-order chi connectivity index (χ0) is 30.5. The maximum Gasteiger partial charge on any atom is 0.235 e. The van der Waals surface area contributed by atoms with Crippen molar-refractivity contribution in [2.75, 3.05) is 31.9 Å². The number of benzene rings is 1. The lowest BCUT2D eigenvalue weighted by atomic mass is 9.72. The molecule has 0 atom stereocenters. The quantitative estimate of drug-likeness (QED) is 0.283. The van der Waals surface area contributed by atoms with Crippen molar-refractivity contribution in [3.8, 4) is 28.3 Å². The molecule has 44 heavy (non-hydrogen) atoms. The van der Waals surface area contributed by atoms with E-state index < -0.39 is 15.8 Å². The summed E-state index contributed by atoms with van der Waals surface area (Å²) in [6.45, 7) is 7.27. The van der Waals surface area contributed by atoms with Crippen LogP contribution in [0.2, 0.25) is 0 Å². The first-order chi connectivity index (χ1) is 21.2. The molecule has 0 unspecified atom stereocenters. The fourth-order valence-corrected chi connectivity index (χ4v) is 7.26. The van der Waals surface area contributed by atoms with Crippen LogP contribution in [0.5, 0.6) is 0 Å². The second kappa shape index (κ2) is 10.9. The molecule has 12 heteroatoms. The molecule has 2 saturated heterocycles. The standard InChI is InChI=1S/C32H31FN8O2S/c1-2-44(42,43)40-14-11-32(12-15-40)20-39(21-32)19-22-5-8-25(9-6-22)41-28-16-23(27-10-7-24(33)18-36-27)17-37-30(28)38-31(41)26-4-3-13-35-29(26)34/h2-10,13,16-18H,1,11-12,14-15,19-21H2,(H2,34,35). The molecule has 5 aromatic rings. The number of nitrogens with two attached hydrogens (primary N) is 1. The highest BCUT2D eigenvalue weighted by Crippen LogP contribution is 2.42. The smallest absolute Gasteiger partial charge is 0.235 e. The van der Waals surface area contributed by atoms with Crippen LogP contribution in [0.4, 0.5) is 10.2 Å². The van der Waals surface area contributed by atoms with E-state index in [0.717, 1.165) is 54.7 Å². The summed E-state index contributed by atoms with van der Waals surface area (Å²) in [6, 6.07) is 17.0. The number of likely N-dealkylation sites (tertiary alicyclic amines) is 1. The molecule has 1 aromatic carbocycles. The topological polar surface area (TPSA) is 123 Å². The van der Waals surface area contributed by atoms with Gasteiger partial charge >= 0.3 is 0 Å². The first-order valence-corrected chi connectivity index (χ1v) is 15.9. The summed E-state index contributed by atoms with van der Waals surface area (Å²) in [5, 5.41) is 1.04. The zero-order valence-corrected chi connectivity index (χ0v) is 24.8. The van der Waals surface area contributed by atoms with Crippen LogP contribution in [0, 0.1) is 11.2 Å². The fraction of sp³-hybridized carbons (Fsp3) is 0.250. The summed E-state index contributed by atoms with van der Waals surface area (Å²) in [7, 11) is -3.35. The largest absolute Gasteiger partial charge is 0.383 e. The Labute approximate surface area is 254 Å². The summed E-state index contributed by atoms with van der Waals surface area (Å²) in [5.41, 5.74) is 11.9. The van der Waals surface area contributed by atoms with Crippen LogP contribution in [0.15, 0.2) is 85.2 Å². The average molecular weight is 611 g/mol. The van der Waals surface area contributed by atoms with Crippen molar-refractivity contribution < 1.29 is 12.8 Å². The third-order valence-electron chi connectivity index (χ3n) is 8.69. The number of aromatic nitrogens is 5. The molecule has 2 fully saturated rings. The third kappa shape index (κ3) is 5.14. The van der Waals surface area contributed by atoms with Gasteiger partial charge in [-0.15, -0.1) is 0 Å². The van der Waals surface area contributed by atoms with Gasteiger partial charge in [-0.25, -0.2) is 27.8 Å². The van der Waals surface area contributed by atoms with Crippen molar-refractivity contribution in [1.82, 2.24) is 33.7 Å². The number of fused-ring (bicyclic) bond motifs is 1. The Morgan fingerprint density at radius 1 is 1.00 bits per heavy atom. The molecule has 2 aliphatic rings. The molecule has 0 aliphatic carbocycles. The van der Waals surface area contributed by atoms with Crippen LogP contribution < -0.4 is 5.73 Å². The van der Waals surface area contributed by atoms with E-state index in [2.05, 4.69) is 50.7 Å². The molecule has 0 bridgehead atoms. The van der Waals surface area contributed by atoms with Crippen molar-refractivity contribution in [1.29, 1.82) is 0 Å². The number of halogens is 1. The van der Waals surface area contributed by atoms with Crippen molar-refractivity contribution in [3.63, 3.8) is 0 Å². The lowest BCUT2D eigenvalue weighted by Gasteiger charge is -2.53. The molecule has 0 amide bonds. The van der Waals surface area contributed by atoms with Crippen LogP contribution in [0.3, 0.4) is 0 Å². The molecule has 2 aliphatic heterocycles. The summed E-state index contributed by atoms with van der Waals surface area (Å²) in [4.78, 5) is 20.3. The number of piperidine rings is 1. The molecule has 0 radical (unpaired) electrons. The van der Waals surface area contributed by atoms with Gasteiger partial charge in [-0.2, -0.15) is 4.31 Å². The van der Waals surface area contributed by atoms with E-state index in [1.165, 1.54) is 22.1 Å². The van der Waals surface area contributed by atoms with Crippen LogP contribution in [-0.4, -0.2) is 68.3 Å². The number of hydrogen-bond acceptors (Lipinski definition) is 8. The van der Waals surface area contributed by atoms with Crippen molar-refractivity contribution in [2.45, 2.75) is 19.4 Å². The Morgan fingerprint density at radius 3 is 2.45 bits per heavy atom. The van der Waals surface area contributed by atoms with Crippen LogP contribution in [0.25, 0.3) is 39.5 Å². The zero-order valence-electron chi connectivity index (χ0n) is 24.0.